The molecule has 0 bridgehead atoms. The highest BCUT2D eigenvalue weighted by molar-refractivity contribution is 7.22. The largest absolute Gasteiger partial charge is 0.484 e. The summed E-state index contributed by atoms with van der Waals surface area (Å²) in [5, 5.41) is 1.06. The third-order valence-electron chi connectivity index (χ3n) is 3.84. The molecule has 9 heteroatoms. The van der Waals surface area contributed by atoms with Crippen LogP contribution in [0.15, 0.2) is 42.5 Å². The van der Waals surface area contributed by atoms with Crippen molar-refractivity contribution in [3.8, 4) is 5.75 Å². The van der Waals surface area contributed by atoms with Crippen LogP contribution in [0.3, 0.4) is 0 Å². The molecule has 28 heavy (non-hydrogen) atoms. The Morgan fingerprint density at radius 2 is 1.89 bits per heavy atom. The Kier molecular flexibility index (Phi) is 8.00. The number of hydrogen-bond acceptors (Lipinski definition) is 5. The van der Waals surface area contributed by atoms with E-state index in [1.807, 2.05) is 19.0 Å². The van der Waals surface area contributed by atoms with E-state index < -0.39 is 5.82 Å². The predicted molar refractivity (Wildman–Crippen MR) is 115 cm³/mol. The van der Waals surface area contributed by atoms with Gasteiger partial charge in [0, 0.05) is 18.1 Å². The average Bonchev–Trinajstić information content (AvgIpc) is 3.06. The Morgan fingerprint density at radius 1 is 1.18 bits per heavy atom. The predicted octanol–water partition coefficient (Wildman–Crippen LogP) is 4.48. The van der Waals surface area contributed by atoms with E-state index in [-0.39, 0.29) is 30.4 Å². The highest BCUT2D eigenvalue weighted by Gasteiger charge is 2.21. The molecule has 1 heterocycles. The Labute approximate surface area is 178 Å². The van der Waals surface area contributed by atoms with Crippen LogP contribution in [-0.4, -0.2) is 49.6 Å². The number of hydrogen-bond donors (Lipinski definition) is 0. The van der Waals surface area contributed by atoms with E-state index >= 15 is 0 Å². The van der Waals surface area contributed by atoms with Crippen molar-refractivity contribution < 1.29 is 13.9 Å². The zero-order valence-corrected chi connectivity index (χ0v) is 17.8. The SMILES string of the molecule is CN(C)CCN(C(=O)COc1ccc(Cl)cc1)c1nc2c(F)cccc2s1.Cl. The van der Waals surface area contributed by atoms with Gasteiger partial charge < -0.3 is 9.64 Å². The van der Waals surface area contributed by atoms with Crippen molar-refractivity contribution in [2.75, 3.05) is 38.7 Å². The molecular formula is C19H20Cl2FN3O2S. The van der Waals surface area contributed by atoms with Gasteiger partial charge in [0.15, 0.2) is 11.7 Å². The van der Waals surface area contributed by atoms with Gasteiger partial charge >= 0.3 is 0 Å². The van der Waals surface area contributed by atoms with Gasteiger partial charge in [0.1, 0.15) is 17.1 Å². The first-order valence-corrected chi connectivity index (χ1v) is 9.52. The molecule has 0 aliphatic rings. The van der Waals surface area contributed by atoms with Crippen LogP contribution in [-0.2, 0) is 4.79 Å². The number of likely N-dealkylation sites (N-methyl/N-ethyl adjacent to an activating group) is 1. The van der Waals surface area contributed by atoms with Crippen molar-refractivity contribution in [2.24, 2.45) is 0 Å². The minimum Gasteiger partial charge on any atom is -0.484 e. The first kappa shape index (κ1) is 22.4. The van der Waals surface area contributed by atoms with Gasteiger partial charge in [0.05, 0.1) is 4.70 Å². The fourth-order valence-electron chi connectivity index (χ4n) is 2.40. The number of anilines is 1. The summed E-state index contributed by atoms with van der Waals surface area (Å²) in [5.41, 5.74) is 0.277. The number of amides is 1. The summed E-state index contributed by atoms with van der Waals surface area (Å²) in [7, 11) is 3.84. The normalized spacial score (nSPS) is 10.8. The number of nitrogens with zero attached hydrogens (tertiary/aromatic N) is 3. The Bertz CT molecular complexity index is 935. The van der Waals surface area contributed by atoms with Crippen molar-refractivity contribution in [3.05, 3.63) is 53.3 Å². The molecule has 0 saturated carbocycles. The fourth-order valence-corrected chi connectivity index (χ4v) is 3.55. The summed E-state index contributed by atoms with van der Waals surface area (Å²) < 4.78 is 20.2. The van der Waals surface area contributed by atoms with Crippen molar-refractivity contribution in [3.63, 3.8) is 0 Å². The number of aromatic nitrogens is 1. The van der Waals surface area contributed by atoms with Crippen molar-refractivity contribution >= 4 is 56.6 Å². The summed E-state index contributed by atoms with van der Waals surface area (Å²) in [5.74, 6) is -0.0886. The van der Waals surface area contributed by atoms with Crippen LogP contribution < -0.4 is 9.64 Å². The van der Waals surface area contributed by atoms with Crippen molar-refractivity contribution in [2.45, 2.75) is 0 Å². The summed E-state index contributed by atoms with van der Waals surface area (Å²) in [6.45, 7) is 0.926. The molecule has 2 aromatic carbocycles. The number of thiazole rings is 1. The minimum absolute atomic E-state index is 0. The smallest absolute Gasteiger partial charge is 0.266 e. The van der Waals surface area contributed by atoms with Gasteiger partial charge in [-0.2, -0.15) is 0 Å². The Morgan fingerprint density at radius 3 is 2.54 bits per heavy atom. The van der Waals surface area contributed by atoms with Crippen LogP contribution in [0.25, 0.3) is 10.2 Å². The third kappa shape index (κ3) is 5.54. The monoisotopic (exact) mass is 443 g/mol. The van der Waals surface area contributed by atoms with Crippen LogP contribution in [0.4, 0.5) is 9.52 Å². The lowest BCUT2D eigenvalue weighted by Gasteiger charge is -2.22. The summed E-state index contributed by atoms with van der Waals surface area (Å²) in [6.07, 6.45) is 0. The number of carbonyl (C=O) groups excluding carboxylic acids is 1. The zero-order valence-electron chi connectivity index (χ0n) is 15.4. The second kappa shape index (κ2) is 10.0. The molecule has 3 aromatic rings. The van der Waals surface area contributed by atoms with Gasteiger partial charge in [-0.15, -0.1) is 12.4 Å². The summed E-state index contributed by atoms with van der Waals surface area (Å²) in [4.78, 5) is 20.6. The van der Waals surface area contributed by atoms with Gasteiger partial charge in [-0.3, -0.25) is 9.69 Å². The highest BCUT2D eigenvalue weighted by atomic mass is 35.5. The fraction of sp³-hybridized carbons (Fsp3) is 0.263. The second-order valence-electron chi connectivity index (χ2n) is 6.17. The standard InChI is InChI=1S/C19H19ClFN3O2S.ClH/c1-23(2)10-11-24(17(25)12-26-14-8-6-13(20)7-9-14)19-22-18-15(21)4-3-5-16(18)27-19;/h3-9H,10-12H2,1-2H3;1H. The van der Waals surface area contributed by atoms with E-state index in [9.17, 15) is 9.18 Å². The number of fused-ring (bicyclic) bond motifs is 1. The van der Waals surface area contributed by atoms with Gasteiger partial charge in [-0.05, 0) is 50.5 Å². The molecule has 0 atom stereocenters. The molecule has 0 aliphatic heterocycles. The second-order valence-corrected chi connectivity index (χ2v) is 7.62. The molecule has 1 aromatic heterocycles. The van der Waals surface area contributed by atoms with Crippen LogP contribution in [0, 0.1) is 5.82 Å². The van der Waals surface area contributed by atoms with Crippen LogP contribution >= 0.6 is 35.3 Å². The van der Waals surface area contributed by atoms with Gasteiger partial charge in [-0.25, -0.2) is 9.37 Å². The molecule has 1 amide bonds. The summed E-state index contributed by atoms with van der Waals surface area (Å²) in [6, 6.07) is 11.6. The molecule has 150 valence electrons. The highest BCUT2D eigenvalue weighted by Crippen LogP contribution is 2.30. The van der Waals surface area contributed by atoms with Crippen LogP contribution in [0.1, 0.15) is 0 Å². The lowest BCUT2D eigenvalue weighted by atomic mass is 10.3. The molecule has 0 spiro atoms. The van der Waals surface area contributed by atoms with E-state index in [4.69, 9.17) is 16.3 Å². The van der Waals surface area contributed by atoms with E-state index in [1.54, 1.807) is 41.3 Å². The third-order valence-corrected chi connectivity index (χ3v) is 5.13. The van der Waals surface area contributed by atoms with E-state index in [0.717, 1.165) is 0 Å². The van der Waals surface area contributed by atoms with Crippen LogP contribution in [0.5, 0.6) is 5.75 Å². The molecule has 0 saturated heterocycles. The van der Waals surface area contributed by atoms with Crippen molar-refractivity contribution in [1.82, 2.24) is 9.88 Å². The maximum atomic E-state index is 14.0. The number of benzene rings is 2. The number of rotatable bonds is 7. The zero-order chi connectivity index (χ0) is 19.4. The Hall–Kier alpha value is -1.93. The maximum absolute atomic E-state index is 14.0. The first-order chi connectivity index (χ1) is 12.9. The Balaban J connectivity index is 0.00000280. The van der Waals surface area contributed by atoms with Gasteiger partial charge in [0.25, 0.3) is 5.91 Å². The van der Waals surface area contributed by atoms with Crippen LogP contribution in [0.2, 0.25) is 5.02 Å². The first-order valence-electron chi connectivity index (χ1n) is 8.32. The molecule has 0 N–H and O–H groups in total. The van der Waals surface area contributed by atoms with Gasteiger partial charge in [0.2, 0.25) is 0 Å². The molecule has 0 aliphatic carbocycles. The number of ether oxygens (including phenoxy) is 1. The van der Waals surface area contributed by atoms with Crippen molar-refractivity contribution in [1.29, 1.82) is 0 Å². The number of carbonyl (C=O) groups is 1. The van der Waals surface area contributed by atoms with E-state index in [0.29, 0.717) is 33.7 Å². The molecule has 5 nitrogen and oxygen atoms in total. The molecule has 0 unspecified atom stereocenters. The number of para-hydroxylation sites is 1. The van der Waals surface area contributed by atoms with E-state index in [2.05, 4.69) is 4.98 Å². The quantitative estimate of drug-likeness (QED) is 0.539. The number of halogens is 3. The topological polar surface area (TPSA) is 45.7 Å². The average molecular weight is 444 g/mol. The molecule has 0 fully saturated rings. The molecule has 0 radical (unpaired) electrons. The van der Waals surface area contributed by atoms with Gasteiger partial charge in [-0.1, -0.05) is 29.0 Å². The lowest BCUT2D eigenvalue weighted by molar-refractivity contribution is -0.120. The molecule has 3 rings (SSSR count). The maximum Gasteiger partial charge on any atom is 0.266 e. The summed E-state index contributed by atoms with van der Waals surface area (Å²) >= 11 is 7.14. The van der Waals surface area contributed by atoms with E-state index in [1.165, 1.54) is 17.4 Å². The molecular weight excluding hydrogens is 424 g/mol. The minimum atomic E-state index is -0.396. The lowest BCUT2D eigenvalue weighted by Crippen LogP contribution is -2.39.